The zero-order valence-corrected chi connectivity index (χ0v) is 15.5. The predicted molar refractivity (Wildman–Crippen MR) is 94.7 cm³/mol. The molecule has 3 rings (SSSR count). The highest BCUT2D eigenvalue weighted by atomic mass is 16.2. The van der Waals surface area contributed by atoms with E-state index in [9.17, 15) is 4.79 Å². The molecule has 1 aromatic rings. The van der Waals surface area contributed by atoms with Crippen LogP contribution in [0.4, 0.5) is 0 Å². The van der Waals surface area contributed by atoms with E-state index in [1.807, 2.05) is 11.1 Å². The summed E-state index contributed by atoms with van der Waals surface area (Å²) >= 11 is 0. The smallest absolute Gasteiger partial charge is 0.223 e. The molecule has 3 heterocycles. The summed E-state index contributed by atoms with van der Waals surface area (Å²) in [6.07, 6.45) is 5.74. The molecule has 132 valence electrons. The summed E-state index contributed by atoms with van der Waals surface area (Å²) in [5, 5.41) is 0. The first-order valence-corrected chi connectivity index (χ1v) is 9.13. The minimum Gasteiger partial charge on any atom is -0.342 e. The van der Waals surface area contributed by atoms with Crippen molar-refractivity contribution in [3.05, 3.63) is 23.3 Å². The van der Waals surface area contributed by atoms with E-state index in [1.165, 1.54) is 11.3 Å². The molecule has 0 unspecified atom stereocenters. The van der Waals surface area contributed by atoms with Gasteiger partial charge in [-0.15, -0.1) is 0 Å². The molecular weight excluding hydrogens is 300 g/mol. The van der Waals surface area contributed by atoms with Crippen LogP contribution in [0, 0.1) is 5.41 Å². The summed E-state index contributed by atoms with van der Waals surface area (Å²) in [5.41, 5.74) is 2.50. The Morgan fingerprint density at radius 1 is 1.33 bits per heavy atom. The Balaban J connectivity index is 1.70. The molecule has 2 aliphatic rings. The highest BCUT2D eigenvalue weighted by Gasteiger charge is 2.29. The SMILES string of the molecule is CN1CCc2nc([C@H]3CCCN(C(=O)CC(C)(C)C)C3)ncc2C1. The fourth-order valence-corrected chi connectivity index (χ4v) is 3.65. The van der Waals surface area contributed by atoms with Crippen molar-refractivity contribution < 1.29 is 4.79 Å². The fourth-order valence-electron chi connectivity index (χ4n) is 3.65. The first kappa shape index (κ1) is 17.3. The van der Waals surface area contributed by atoms with E-state index < -0.39 is 0 Å². The molecule has 0 aromatic carbocycles. The van der Waals surface area contributed by atoms with Gasteiger partial charge >= 0.3 is 0 Å². The van der Waals surface area contributed by atoms with Crippen LogP contribution in [0.1, 0.15) is 63.0 Å². The molecular formula is C19H30N4O. The Hall–Kier alpha value is -1.49. The zero-order chi connectivity index (χ0) is 17.3. The van der Waals surface area contributed by atoms with Crippen LogP contribution in [0.3, 0.4) is 0 Å². The summed E-state index contributed by atoms with van der Waals surface area (Å²) in [4.78, 5) is 26.4. The number of likely N-dealkylation sites (tertiary alicyclic amines) is 1. The van der Waals surface area contributed by atoms with E-state index in [1.54, 1.807) is 0 Å². The van der Waals surface area contributed by atoms with E-state index in [4.69, 9.17) is 4.98 Å². The Labute approximate surface area is 145 Å². The van der Waals surface area contributed by atoms with Gasteiger partial charge in [0.1, 0.15) is 5.82 Å². The lowest BCUT2D eigenvalue weighted by atomic mass is 9.90. The third kappa shape index (κ3) is 4.12. The van der Waals surface area contributed by atoms with Crippen LogP contribution in [0.5, 0.6) is 0 Å². The van der Waals surface area contributed by atoms with Crippen LogP contribution < -0.4 is 0 Å². The maximum Gasteiger partial charge on any atom is 0.223 e. The molecule has 0 spiro atoms. The maximum atomic E-state index is 12.5. The van der Waals surface area contributed by atoms with Gasteiger partial charge < -0.3 is 9.80 Å². The van der Waals surface area contributed by atoms with Gasteiger partial charge in [-0.2, -0.15) is 0 Å². The van der Waals surface area contributed by atoms with Crippen molar-refractivity contribution >= 4 is 5.91 Å². The van der Waals surface area contributed by atoms with Crippen LogP contribution in [0.15, 0.2) is 6.20 Å². The topological polar surface area (TPSA) is 49.3 Å². The van der Waals surface area contributed by atoms with E-state index in [0.29, 0.717) is 6.42 Å². The number of amides is 1. The number of piperidine rings is 1. The highest BCUT2D eigenvalue weighted by Crippen LogP contribution is 2.28. The van der Waals surface area contributed by atoms with Gasteiger partial charge in [-0.3, -0.25) is 4.79 Å². The number of nitrogens with zero attached hydrogens (tertiary/aromatic N) is 4. The first-order chi connectivity index (χ1) is 11.3. The molecule has 1 saturated heterocycles. The standard InChI is InChI=1S/C19H30N4O/c1-19(2,3)10-17(24)23-8-5-6-14(13-23)18-20-11-15-12-22(4)9-7-16(15)21-18/h11,14H,5-10,12-13H2,1-4H3/t14-/m0/s1. The number of hydrogen-bond acceptors (Lipinski definition) is 4. The molecule has 1 atom stereocenters. The summed E-state index contributed by atoms with van der Waals surface area (Å²) in [6, 6.07) is 0. The van der Waals surface area contributed by atoms with Crippen LogP contribution >= 0.6 is 0 Å². The first-order valence-electron chi connectivity index (χ1n) is 9.13. The average Bonchev–Trinajstić information content (AvgIpc) is 2.53. The van der Waals surface area contributed by atoms with Gasteiger partial charge in [-0.25, -0.2) is 9.97 Å². The molecule has 24 heavy (non-hydrogen) atoms. The Morgan fingerprint density at radius 3 is 2.88 bits per heavy atom. The molecule has 1 amide bonds. The van der Waals surface area contributed by atoms with Crippen molar-refractivity contribution in [1.82, 2.24) is 19.8 Å². The number of carbonyl (C=O) groups excluding carboxylic acids is 1. The lowest BCUT2D eigenvalue weighted by molar-refractivity contribution is -0.134. The third-order valence-corrected chi connectivity index (χ3v) is 4.96. The van der Waals surface area contributed by atoms with Crippen molar-refractivity contribution in [2.45, 2.75) is 58.9 Å². The van der Waals surface area contributed by atoms with Gasteiger partial charge in [-0.1, -0.05) is 20.8 Å². The second-order valence-corrected chi connectivity index (χ2v) is 8.60. The van der Waals surface area contributed by atoms with Gasteiger partial charge in [-0.05, 0) is 25.3 Å². The van der Waals surface area contributed by atoms with Gasteiger partial charge in [0.2, 0.25) is 5.91 Å². The molecule has 0 bridgehead atoms. The van der Waals surface area contributed by atoms with Crippen LogP contribution in [-0.2, 0) is 17.8 Å². The molecule has 1 aromatic heterocycles. The van der Waals surface area contributed by atoms with Crippen molar-refractivity contribution in [3.8, 4) is 0 Å². The number of hydrogen-bond donors (Lipinski definition) is 0. The summed E-state index contributed by atoms with van der Waals surface area (Å²) in [5.74, 6) is 1.49. The van der Waals surface area contributed by atoms with Crippen LogP contribution in [0.25, 0.3) is 0 Å². The van der Waals surface area contributed by atoms with E-state index in [0.717, 1.165) is 51.3 Å². The second kappa shape index (κ2) is 6.79. The molecule has 2 aliphatic heterocycles. The minimum absolute atomic E-state index is 0.0401. The summed E-state index contributed by atoms with van der Waals surface area (Å²) in [6.45, 7) is 10.0. The maximum absolute atomic E-state index is 12.5. The van der Waals surface area contributed by atoms with E-state index in [2.05, 4.69) is 37.7 Å². The monoisotopic (exact) mass is 330 g/mol. The zero-order valence-electron chi connectivity index (χ0n) is 15.5. The van der Waals surface area contributed by atoms with Crippen molar-refractivity contribution in [1.29, 1.82) is 0 Å². The fraction of sp³-hybridized carbons (Fsp3) is 0.737. The number of fused-ring (bicyclic) bond motifs is 1. The second-order valence-electron chi connectivity index (χ2n) is 8.60. The van der Waals surface area contributed by atoms with Gasteiger partial charge in [0.05, 0.1) is 0 Å². The van der Waals surface area contributed by atoms with Crippen molar-refractivity contribution in [3.63, 3.8) is 0 Å². The molecule has 0 saturated carbocycles. The quantitative estimate of drug-likeness (QED) is 0.836. The van der Waals surface area contributed by atoms with E-state index in [-0.39, 0.29) is 17.2 Å². The Morgan fingerprint density at radius 2 is 2.12 bits per heavy atom. The molecule has 0 aliphatic carbocycles. The molecule has 5 nitrogen and oxygen atoms in total. The Kier molecular flexibility index (Phi) is 4.90. The minimum atomic E-state index is 0.0401. The highest BCUT2D eigenvalue weighted by molar-refractivity contribution is 5.77. The van der Waals surface area contributed by atoms with Gasteiger partial charge in [0.25, 0.3) is 0 Å². The number of likely N-dealkylation sites (N-methyl/N-ethyl adjacent to an activating group) is 1. The number of aromatic nitrogens is 2. The molecule has 0 N–H and O–H groups in total. The Bertz CT molecular complexity index is 608. The van der Waals surface area contributed by atoms with Crippen molar-refractivity contribution in [2.75, 3.05) is 26.7 Å². The van der Waals surface area contributed by atoms with Crippen LogP contribution in [0.2, 0.25) is 0 Å². The number of rotatable bonds is 2. The van der Waals surface area contributed by atoms with Gasteiger partial charge in [0.15, 0.2) is 0 Å². The van der Waals surface area contributed by atoms with E-state index >= 15 is 0 Å². The lowest BCUT2D eigenvalue weighted by Crippen LogP contribution is -2.41. The molecule has 1 fully saturated rings. The summed E-state index contributed by atoms with van der Waals surface area (Å²) in [7, 11) is 2.14. The summed E-state index contributed by atoms with van der Waals surface area (Å²) < 4.78 is 0. The van der Waals surface area contributed by atoms with Crippen molar-refractivity contribution in [2.24, 2.45) is 5.41 Å². The lowest BCUT2D eigenvalue weighted by Gasteiger charge is -2.34. The average molecular weight is 330 g/mol. The molecule has 5 heteroatoms. The van der Waals surface area contributed by atoms with Crippen LogP contribution in [-0.4, -0.2) is 52.4 Å². The predicted octanol–water partition coefficient (Wildman–Crippen LogP) is 2.61. The number of carbonyl (C=O) groups is 1. The molecule has 0 radical (unpaired) electrons. The largest absolute Gasteiger partial charge is 0.342 e. The normalized spacial score (nSPS) is 22.3. The third-order valence-electron chi connectivity index (χ3n) is 4.96. The van der Waals surface area contributed by atoms with Gasteiger partial charge in [0, 0.05) is 62.4 Å².